The molecule has 1 aliphatic rings. The van der Waals surface area contributed by atoms with Crippen LogP contribution in [-0.4, -0.2) is 29.8 Å². The summed E-state index contributed by atoms with van der Waals surface area (Å²) in [6, 6.07) is 0.410. The third-order valence-corrected chi connectivity index (χ3v) is 4.45. The summed E-state index contributed by atoms with van der Waals surface area (Å²) in [6.45, 7) is 5.29. The Bertz CT molecular complexity index is 154. The van der Waals surface area contributed by atoms with Gasteiger partial charge in [0.15, 0.2) is 0 Å². The topological polar surface area (TPSA) is 35.2 Å². The summed E-state index contributed by atoms with van der Waals surface area (Å²) < 4.78 is 5.52. The number of rotatable bonds is 6. The van der Waals surface area contributed by atoms with Crippen LogP contribution in [0.4, 0.5) is 0 Å². The van der Waals surface area contributed by atoms with Crippen LogP contribution in [0.1, 0.15) is 39.5 Å². The van der Waals surface area contributed by atoms with E-state index in [0.29, 0.717) is 12.1 Å². The molecule has 2 nitrogen and oxygen atoms in total. The van der Waals surface area contributed by atoms with Gasteiger partial charge in [0.05, 0.1) is 6.10 Å². The molecule has 3 heteroatoms. The van der Waals surface area contributed by atoms with Crippen LogP contribution >= 0.6 is 11.8 Å². The molecule has 1 saturated heterocycles. The van der Waals surface area contributed by atoms with E-state index >= 15 is 0 Å². The first-order valence-corrected chi connectivity index (χ1v) is 6.77. The molecule has 0 bridgehead atoms. The minimum absolute atomic E-state index is 0.410. The van der Waals surface area contributed by atoms with Crippen LogP contribution in [-0.2, 0) is 4.74 Å². The fourth-order valence-corrected chi connectivity index (χ4v) is 2.96. The van der Waals surface area contributed by atoms with E-state index in [4.69, 9.17) is 10.5 Å². The van der Waals surface area contributed by atoms with Gasteiger partial charge in [0.1, 0.15) is 0 Å². The number of hydrogen-bond acceptors (Lipinski definition) is 3. The van der Waals surface area contributed by atoms with E-state index in [-0.39, 0.29) is 0 Å². The van der Waals surface area contributed by atoms with Gasteiger partial charge >= 0.3 is 0 Å². The van der Waals surface area contributed by atoms with Crippen LogP contribution in [0.2, 0.25) is 0 Å². The highest BCUT2D eigenvalue weighted by atomic mass is 32.2. The van der Waals surface area contributed by atoms with Crippen LogP contribution in [0.5, 0.6) is 0 Å². The molecule has 0 saturated carbocycles. The summed E-state index contributed by atoms with van der Waals surface area (Å²) in [7, 11) is 0. The van der Waals surface area contributed by atoms with E-state index < -0.39 is 0 Å². The Morgan fingerprint density at radius 3 is 2.93 bits per heavy atom. The maximum Gasteiger partial charge on any atom is 0.0666 e. The van der Waals surface area contributed by atoms with Gasteiger partial charge in [-0.25, -0.2) is 0 Å². The third-order valence-electron chi connectivity index (χ3n) is 2.88. The molecule has 14 heavy (non-hydrogen) atoms. The summed E-state index contributed by atoms with van der Waals surface area (Å²) in [5.74, 6) is 1.24. The molecule has 1 rings (SSSR count). The van der Waals surface area contributed by atoms with Crippen LogP contribution in [0.25, 0.3) is 0 Å². The van der Waals surface area contributed by atoms with E-state index in [1.54, 1.807) is 0 Å². The first-order valence-electron chi connectivity index (χ1n) is 5.72. The van der Waals surface area contributed by atoms with Crippen molar-refractivity contribution < 1.29 is 4.74 Å². The van der Waals surface area contributed by atoms with Crippen molar-refractivity contribution in [1.82, 2.24) is 0 Å². The van der Waals surface area contributed by atoms with E-state index in [1.165, 1.54) is 25.0 Å². The molecule has 0 aromatic carbocycles. The zero-order chi connectivity index (χ0) is 10.4. The number of nitrogens with two attached hydrogens (primary N) is 1. The maximum atomic E-state index is 5.86. The molecule has 84 valence electrons. The maximum absolute atomic E-state index is 5.86. The predicted molar refractivity (Wildman–Crippen MR) is 63.8 cm³/mol. The Balaban J connectivity index is 1.98. The molecule has 1 heterocycles. The molecule has 1 aliphatic heterocycles. The highest BCUT2D eigenvalue weighted by Gasteiger charge is 2.23. The fourth-order valence-electron chi connectivity index (χ4n) is 1.72. The first-order chi connectivity index (χ1) is 6.74. The average Bonchev–Trinajstić information content (AvgIpc) is 2.58. The van der Waals surface area contributed by atoms with Crippen molar-refractivity contribution in [3.63, 3.8) is 0 Å². The van der Waals surface area contributed by atoms with Gasteiger partial charge in [-0.15, -0.1) is 0 Å². The zero-order valence-electron chi connectivity index (χ0n) is 9.37. The molecular weight excluding hydrogens is 194 g/mol. The summed E-state index contributed by atoms with van der Waals surface area (Å²) in [5, 5.41) is 0.729. The lowest BCUT2D eigenvalue weighted by Crippen LogP contribution is -2.19. The van der Waals surface area contributed by atoms with Crippen LogP contribution in [0.3, 0.4) is 0 Å². The van der Waals surface area contributed by atoms with Gasteiger partial charge in [-0.3, -0.25) is 0 Å². The second kappa shape index (κ2) is 6.70. The largest absolute Gasteiger partial charge is 0.377 e. The highest BCUT2D eigenvalue weighted by molar-refractivity contribution is 7.99. The minimum Gasteiger partial charge on any atom is -0.377 e. The third kappa shape index (κ3) is 4.20. The van der Waals surface area contributed by atoms with E-state index in [1.807, 2.05) is 0 Å². The Kier molecular flexibility index (Phi) is 5.90. The summed E-state index contributed by atoms with van der Waals surface area (Å²) in [4.78, 5) is 0. The lowest BCUT2D eigenvalue weighted by Gasteiger charge is -2.14. The SMILES string of the molecule is CCC(N)CCCSC1CCOC1C. The zero-order valence-corrected chi connectivity index (χ0v) is 10.2. The molecule has 0 aromatic heterocycles. The minimum atomic E-state index is 0.410. The second-order valence-corrected chi connectivity index (χ2v) is 5.43. The normalized spacial score (nSPS) is 29.4. The molecule has 0 spiro atoms. The molecule has 2 N–H and O–H groups in total. The monoisotopic (exact) mass is 217 g/mol. The molecule has 3 unspecified atom stereocenters. The van der Waals surface area contributed by atoms with Crippen LogP contribution in [0.15, 0.2) is 0 Å². The van der Waals surface area contributed by atoms with Crippen LogP contribution in [0, 0.1) is 0 Å². The Morgan fingerprint density at radius 2 is 2.36 bits per heavy atom. The molecule has 0 radical (unpaired) electrons. The van der Waals surface area contributed by atoms with E-state index in [0.717, 1.165) is 18.3 Å². The smallest absolute Gasteiger partial charge is 0.0666 e. The van der Waals surface area contributed by atoms with Crippen molar-refractivity contribution in [3.05, 3.63) is 0 Å². The highest BCUT2D eigenvalue weighted by Crippen LogP contribution is 2.26. The second-order valence-electron chi connectivity index (χ2n) is 4.08. The summed E-state index contributed by atoms with van der Waals surface area (Å²) in [6.07, 6.45) is 5.22. The van der Waals surface area contributed by atoms with Crippen molar-refractivity contribution in [2.45, 2.75) is 56.9 Å². The molecule has 0 aromatic rings. The van der Waals surface area contributed by atoms with Gasteiger partial charge in [0, 0.05) is 17.9 Å². The molecule has 0 aliphatic carbocycles. The lowest BCUT2D eigenvalue weighted by molar-refractivity contribution is 0.127. The lowest BCUT2D eigenvalue weighted by atomic mass is 10.1. The Labute approximate surface area is 92.0 Å². The van der Waals surface area contributed by atoms with Crippen molar-refractivity contribution in [2.24, 2.45) is 5.73 Å². The summed E-state index contributed by atoms with van der Waals surface area (Å²) >= 11 is 2.06. The standard InChI is InChI=1S/C11H23NOS/c1-3-10(12)5-4-8-14-11-6-7-13-9(11)2/h9-11H,3-8,12H2,1-2H3. The molecule has 0 amide bonds. The first kappa shape index (κ1) is 12.3. The number of ether oxygens (including phenoxy) is 1. The van der Waals surface area contributed by atoms with Gasteiger partial charge in [0.25, 0.3) is 0 Å². The van der Waals surface area contributed by atoms with Gasteiger partial charge in [-0.2, -0.15) is 11.8 Å². The van der Waals surface area contributed by atoms with Gasteiger partial charge in [0.2, 0.25) is 0 Å². The van der Waals surface area contributed by atoms with Crippen molar-refractivity contribution in [1.29, 1.82) is 0 Å². The molecule has 1 fully saturated rings. The van der Waals surface area contributed by atoms with Crippen molar-refractivity contribution in [2.75, 3.05) is 12.4 Å². The Hall–Kier alpha value is 0.270. The van der Waals surface area contributed by atoms with Gasteiger partial charge < -0.3 is 10.5 Å². The van der Waals surface area contributed by atoms with Crippen molar-refractivity contribution in [3.8, 4) is 0 Å². The van der Waals surface area contributed by atoms with Gasteiger partial charge in [-0.1, -0.05) is 6.92 Å². The number of hydrogen-bond donors (Lipinski definition) is 1. The molecule has 3 atom stereocenters. The van der Waals surface area contributed by atoms with E-state index in [9.17, 15) is 0 Å². The van der Waals surface area contributed by atoms with Crippen LogP contribution < -0.4 is 5.73 Å². The van der Waals surface area contributed by atoms with Crippen molar-refractivity contribution >= 4 is 11.8 Å². The molecular formula is C11H23NOS. The van der Waals surface area contributed by atoms with E-state index in [2.05, 4.69) is 25.6 Å². The summed E-state index contributed by atoms with van der Waals surface area (Å²) in [5.41, 5.74) is 5.86. The fraction of sp³-hybridized carbons (Fsp3) is 1.00. The number of thioether (sulfide) groups is 1. The quantitative estimate of drug-likeness (QED) is 0.694. The van der Waals surface area contributed by atoms with Gasteiger partial charge in [-0.05, 0) is 38.4 Å². The predicted octanol–water partition coefficient (Wildman–Crippen LogP) is 2.41. The average molecular weight is 217 g/mol. The Morgan fingerprint density at radius 1 is 1.57 bits per heavy atom.